The SMILES string of the molecule is CC1C=C(c2nc(-c3ccccc3)nc(-c3ccc4c(c3)-c3cc(C(=N)OC(=N)c5ccccc5)ccc3C4(F)F)n2)C=CC1. The van der Waals surface area contributed by atoms with Crippen molar-refractivity contribution in [2.75, 3.05) is 0 Å². The number of nitrogens with zero attached hydrogens (tertiary/aromatic N) is 3. The van der Waals surface area contributed by atoms with E-state index in [9.17, 15) is 0 Å². The first-order valence-corrected chi connectivity index (χ1v) is 14.6. The second-order valence-corrected chi connectivity index (χ2v) is 11.1. The minimum absolute atomic E-state index is 0.132. The highest BCUT2D eigenvalue weighted by Crippen LogP contribution is 2.52. The van der Waals surface area contributed by atoms with Gasteiger partial charge in [0.15, 0.2) is 17.5 Å². The highest BCUT2D eigenvalue weighted by atomic mass is 19.3. The molecule has 4 aromatic carbocycles. The Labute approximate surface area is 258 Å². The normalized spacial score (nSPS) is 16.0. The van der Waals surface area contributed by atoms with Gasteiger partial charge in [0.25, 0.3) is 5.92 Å². The molecule has 0 saturated heterocycles. The fraction of sp³-hybridized carbons (Fsp3) is 0.108. The van der Waals surface area contributed by atoms with Gasteiger partial charge in [0.1, 0.15) is 0 Å². The van der Waals surface area contributed by atoms with Crippen LogP contribution in [0.25, 0.3) is 39.5 Å². The maximum absolute atomic E-state index is 15.7. The summed E-state index contributed by atoms with van der Waals surface area (Å²) in [6, 6.07) is 27.3. The van der Waals surface area contributed by atoms with Crippen molar-refractivity contribution >= 4 is 17.4 Å². The molecule has 1 unspecified atom stereocenters. The second-order valence-electron chi connectivity index (χ2n) is 11.1. The first-order valence-electron chi connectivity index (χ1n) is 14.6. The Balaban J connectivity index is 1.30. The molecule has 0 amide bonds. The topological polar surface area (TPSA) is 95.6 Å². The number of halogens is 2. The first-order chi connectivity index (χ1) is 21.8. The van der Waals surface area contributed by atoms with E-state index in [-0.39, 0.29) is 28.5 Å². The van der Waals surface area contributed by atoms with Crippen molar-refractivity contribution in [3.8, 4) is 33.9 Å². The molecule has 1 atom stereocenters. The van der Waals surface area contributed by atoms with Crippen molar-refractivity contribution in [3.63, 3.8) is 0 Å². The quantitative estimate of drug-likeness (QED) is 0.157. The maximum atomic E-state index is 15.7. The summed E-state index contributed by atoms with van der Waals surface area (Å²) >= 11 is 0. The molecule has 220 valence electrons. The molecule has 6 nitrogen and oxygen atoms in total. The van der Waals surface area contributed by atoms with Crippen LogP contribution in [0.2, 0.25) is 0 Å². The summed E-state index contributed by atoms with van der Waals surface area (Å²) in [5.74, 6) is -2.03. The lowest BCUT2D eigenvalue weighted by molar-refractivity contribution is 0.0480. The van der Waals surface area contributed by atoms with Crippen LogP contribution >= 0.6 is 0 Å². The van der Waals surface area contributed by atoms with Gasteiger partial charge in [0.05, 0.1) is 0 Å². The van der Waals surface area contributed by atoms with Crippen LogP contribution in [-0.2, 0) is 10.7 Å². The average molecular weight is 596 g/mol. The third kappa shape index (κ3) is 5.25. The lowest BCUT2D eigenvalue weighted by Gasteiger charge is -2.14. The van der Waals surface area contributed by atoms with Crippen LogP contribution in [0.3, 0.4) is 0 Å². The van der Waals surface area contributed by atoms with Gasteiger partial charge in [-0.25, -0.2) is 15.0 Å². The molecule has 0 radical (unpaired) electrons. The highest BCUT2D eigenvalue weighted by Gasteiger charge is 2.44. The first kappa shape index (κ1) is 28.2. The Morgan fingerprint density at radius 3 is 2.02 bits per heavy atom. The molecule has 1 heterocycles. The molecule has 2 N–H and O–H groups in total. The highest BCUT2D eigenvalue weighted by molar-refractivity contribution is 6.05. The predicted molar refractivity (Wildman–Crippen MR) is 171 cm³/mol. The number of hydrogen-bond acceptors (Lipinski definition) is 6. The van der Waals surface area contributed by atoms with E-state index in [0.29, 0.717) is 45.6 Å². The smallest absolute Gasteiger partial charge is 0.299 e. The zero-order valence-electron chi connectivity index (χ0n) is 24.3. The fourth-order valence-electron chi connectivity index (χ4n) is 5.66. The largest absolute Gasteiger partial charge is 0.421 e. The van der Waals surface area contributed by atoms with Crippen molar-refractivity contribution in [2.24, 2.45) is 5.92 Å². The number of hydrogen-bond donors (Lipinski definition) is 2. The van der Waals surface area contributed by atoms with E-state index >= 15 is 8.78 Å². The molecule has 5 aromatic rings. The van der Waals surface area contributed by atoms with Gasteiger partial charge >= 0.3 is 0 Å². The number of nitrogens with one attached hydrogen (secondary N) is 2. The minimum Gasteiger partial charge on any atom is -0.421 e. The predicted octanol–water partition coefficient (Wildman–Crippen LogP) is 8.67. The van der Waals surface area contributed by atoms with Crippen molar-refractivity contribution in [3.05, 3.63) is 143 Å². The molecule has 45 heavy (non-hydrogen) atoms. The summed E-state index contributed by atoms with van der Waals surface area (Å²) in [5.41, 5.74) is 3.38. The molecule has 0 aliphatic heterocycles. The molecule has 0 saturated carbocycles. The van der Waals surface area contributed by atoms with Gasteiger partial charge in [-0.05, 0) is 53.8 Å². The lowest BCUT2D eigenvalue weighted by atomic mass is 9.97. The lowest BCUT2D eigenvalue weighted by Crippen LogP contribution is -2.14. The van der Waals surface area contributed by atoms with E-state index in [2.05, 4.69) is 19.1 Å². The monoisotopic (exact) mass is 595 g/mol. The van der Waals surface area contributed by atoms with E-state index in [0.717, 1.165) is 17.6 Å². The second kappa shape index (κ2) is 11.1. The van der Waals surface area contributed by atoms with Crippen LogP contribution in [0, 0.1) is 16.7 Å². The van der Waals surface area contributed by atoms with Gasteiger partial charge in [0.2, 0.25) is 11.8 Å². The third-order valence-electron chi connectivity index (χ3n) is 7.96. The maximum Gasteiger partial charge on any atom is 0.299 e. The van der Waals surface area contributed by atoms with Crippen LogP contribution in [0.5, 0.6) is 0 Å². The Bertz CT molecular complexity index is 2040. The molecule has 1 aromatic heterocycles. The van der Waals surface area contributed by atoms with Gasteiger partial charge in [-0.3, -0.25) is 10.8 Å². The number of benzene rings is 4. The van der Waals surface area contributed by atoms with Crippen LogP contribution in [-0.4, -0.2) is 26.7 Å². The zero-order chi connectivity index (χ0) is 31.1. The van der Waals surface area contributed by atoms with Gasteiger partial charge in [-0.15, -0.1) is 0 Å². The number of ether oxygens (including phenoxy) is 1. The van der Waals surface area contributed by atoms with Crippen molar-refractivity contribution in [1.29, 1.82) is 10.8 Å². The van der Waals surface area contributed by atoms with Gasteiger partial charge in [0, 0.05) is 39.0 Å². The number of fused-ring (bicyclic) bond motifs is 3. The molecule has 2 aliphatic rings. The van der Waals surface area contributed by atoms with Gasteiger partial charge < -0.3 is 4.74 Å². The number of aromatic nitrogens is 3. The Morgan fingerprint density at radius 2 is 1.31 bits per heavy atom. The van der Waals surface area contributed by atoms with E-state index in [4.69, 9.17) is 30.5 Å². The van der Waals surface area contributed by atoms with Crippen LogP contribution in [0.4, 0.5) is 8.78 Å². The molecule has 7 rings (SSSR count). The van der Waals surface area contributed by atoms with Gasteiger partial charge in [-0.1, -0.05) is 91.9 Å². The van der Waals surface area contributed by atoms with E-state index < -0.39 is 5.92 Å². The van der Waals surface area contributed by atoms with Crippen molar-refractivity contribution < 1.29 is 13.5 Å². The summed E-state index contributed by atoms with van der Waals surface area (Å²) in [6.07, 6.45) is 7.16. The van der Waals surface area contributed by atoms with Gasteiger partial charge in [-0.2, -0.15) is 8.78 Å². The van der Waals surface area contributed by atoms with E-state index in [1.165, 1.54) is 24.3 Å². The Morgan fingerprint density at radius 1 is 0.711 bits per heavy atom. The average Bonchev–Trinajstić information content (AvgIpc) is 3.30. The van der Waals surface area contributed by atoms with Crippen molar-refractivity contribution in [1.82, 2.24) is 15.0 Å². The minimum atomic E-state index is -3.23. The summed E-state index contributed by atoms with van der Waals surface area (Å²) in [6.45, 7) is 2.13. The summed E-state index contributed by atoms with van der Waals surface area (Å²) in [5, 5.41) is 16.7. The number of rotatable bonds is 5. The summed E-state index contributed by atoms with van der Waals surface area (Å²) < 4.78 is 36.9. The number of allylic oxidation sites excluding steroid dienone is 4. The van der Waals surface area contributed by atoms with Crippen LogP contribution in [0.15, 0.2) is 115 Å². The van der Waals surface area contributed by atoms with Crippen LogP contribution in [0.1, 0.15) is 41.4 Å². The molecule has 0 spiro atoms. The standard InChI is InChI=1S/C37H27F2N5O/c1-22-9-8-14-26(19-22)35-42-34(24-12-6-3-7-13-24)43-36(44-35)27-16-18-31-29(21-27)28-20-25(15-17-30(28)37(31,38)39)33(41)45-32(40)23-10-4-2-5-11-23/h2-8,10-22,40-41H,9H2,1H3. The Kier molecular flexibility index (Phi) is 6.97. The number of alkyl halides is 2. The van der Waals surface area contributed by atoms with Crippen LogP contribution < -0.4 is 0 Å². The molecule has 0 fully saturated rings. The Hall–Kier alpha value is -5.63. The van der Waals surface area contributed by atoms with E-state index in [1.54, 1.807) is 36.4 Å². The molecular weight excluding hydrogens is 568 g/mol. The molecule has 8 heteroatoms. The van der Waals surface area contributed by atoms with Crippen molar-refractivity contribution in [2.45, 2.75) is 19.3 Å². The fourth-order valence-corrected chi connectivity index (χ4v) is 5.66. The third-order valence-corrected chi connectivity index (χ3v) is 7.96. The molecular formula is C37H27F2N5O. The van der Waals surface area contributed by atoms with E-state index in [1.807, 2.05) is 42.5 Å². The molecule has 0 bridgehead atoms. The summed E-state index contributed by atoms with van der Waals surface area (Å²) in [7, 11) is 0. The summed E-state index contributed by atoms with van der Waals surface area (Å²) in [4.78, 5) is 14.4. The molecule has 2 aliphatic carbocycles. The zero-order valence-corrected chi connectivity index (χ0v) is 24.3.